The summed E-state index contributed by atoms with van der Waals surface area (Å²) < 4.78 is 0. The van der Waals surface area contributed by atoms with Crippen LogP contribution in [0.2, 0.25) is 0 Å². The fourth-order valence-electron chi connectivity index (χ4n) is 2.31. The Morgan fingerprint density at radius 3 is 2.45 bits per heavy atom. The normalized spacial score (nSPS) is 16.4. The van der Waals surface area contributed by atoms with E-state index in [0.717, 1.165) is 31.8 Å². The molecule has 10 heteroatoms. The highest BCUT2D eigenvalue weighted by molar-refractivity contribution is 6.58. The Kier molecular flexibility index (Phi) is 3.57. The third-order valence-electron chi connectivity index (χ3n) is 3.46. The monoisotopic (exact) mass is 275 g/mol. The number of anilines is 1. The smallest absolute Gasteiger partial charge is 0.423 e. The zero-order chi connectivity index (χ0) is 13.9. The van der Waals surface area contributed by atoms with Gasteiger partial charge in [-0.2, -0.15) is 5.21 Å². The summed E-state index contributed by atoms with van der Waals surface area (Å²) in [6, 6.07) is 0. The fourth-order valence-corrected chi connectivity index (χ4v) is 2.31. The first-order valence-corrected chi connectivity index (χ1v) is 6.40. The lowest BCUT2D eigenvalue weighted by Gasteiger charge is -2.30. The average Bonchev–Trinajstić information content (AvgIpc) is 3.02. The predicted octanol–water partition coefficient (Wildman–Crippen LogP) is -1.95. The number of piperidine rings is 1. The van der Waals surface area contributed by atoms with E-state index in [-0.39, 0.29) is 5.46 Å². The summed E-state index contributed by atoms with van der Waals surface area (Å²) in [6.45, 7) is 1.61. The first kappa shape index (κ1) is 12.9. The molecule has 1 fully saturated rings. The van der Waals surface area contributed by atoms with Gasteiger partial charge in [0.2, 0.25) is 5.95 Å². The van der Waals surface area contributed by atoms with Crippen molar-refractivity contribution in [1.29, 1.82) is 0 Å². The van der Waals surface area contributed by atoms with Gasteiger partial charge in [-0.05, 0) is 12.8 Å². The molecule has 0 amide bonds. The van der Waals surface area contributed by atoms with E-state index >= 15 is 0 Å². The molecule has 0 unspecified atom stereocenters. The molecule has 1 aliphatic rings. The highest BCUT2D eigenvalue weighted by Crippen LogP contribution is 2.26. The van der Waals surface area contributed by atoms with E-state index in [1.54, 1.807) is 0 Å². The van der Waals surface area contributed by atoms with Crippen molar-refractivity contribution in [3.63, 3.8) is 0 Å². The number of hydrogen-bond acceptors (Lipinski definition) is 8. The molecule has 3 rings (SSSR count). The lowest BCUT2D eigenvalue weighted by atomic mass is 9.83. The maximum atomic E-state index is 9.00. The van der Waals surface area contributed by atoms with Crippen molar-refractivity contribution in [3.8, 4) is 0 Å². The van der Waals surface area contributed by atoms with Gasteiger partial charge in [-0.15, -0.1) is 10.2 Å². The third-order valence-corrected chi connectivity index (χ3v) is 3.46. The Balaban J connectivity index is 1.63. The topological polar surface area (TPSA) is 124 Å². The molecule has 104 valence electrons. The van der Waals surface area contributed by atoms with E-state index in [1.807, 2.05) is 0 Å². The minimum absolute atomic E-state index is 0.287. The molecule has 1 aliphatic heterocycles. The zero-order valence-corrected chi connectivity index (χ0v) is 10.7. The number of aromatic amines is 1. The second kappa shape index (κ2) is 5.51. The van der Waals surface area contributed by atoms with Crippen LogP contribution in [0.3, 0.4) is 0 Å². The number of rotatable bonds is 3. The molecular formula is C10H14BN7O2. The second-order valence-electron chi connectivity index (χ2n) is 4.72. The quantitative estimate of drug-likeness (QED) is 0.552. The lowest BCUT2D eigenvalue weighted by molar-refractivity contribution is 0.425. The number of hydrogen-bond donors (Lipinski definition) is 3. The molecule has 0 saturated carbocycles. The Bertz CT molecular complexity index is 539. The van der Waals surface area contributed by atoms with Crippen LogP contribution in [0.25, 0.3) is 0 Å². The average molecular weight is 275 g/mol. The highest BCUT2D eigenvalue weighted by atomic mass is 16.4. The summed E-state index contributed by atoms with van der Waals surface area (Å²) in [4.78, 5) is 10.4. The second-order valence-corrected chi connectivity index (χ2v) is 4.72. The lowest BCUT2D eigenvalue weighted by Crippen LogP contribution is -2.36. The molecule has 2 aromatic heterocycles. The highest BCUT2D eigenvalue weighted by Gasteiger charge is 2.25. The van der Waals surface area contributed by atoms with Crippen LogP contribution in [0.1, 0.15) is 24.6 Å². The number of aromatic nitrogens is 6. The molecule has 3 N–H and O–H groups in total. The van der Waals surface area contributed by atoms with Gasteiger partial charge >= 0.3 is 7.12 Å². The first-order valence-electron chi connectivity index (χ1n) is 6.40. The summed E-state index contributed by atoms with van der Waals surface area (Å²) >= 11 is 0. The van der Waals surface area contributed by atoms with Crippen LogP contribution >= 0.6 is 0 Å². The first-order chi connectivity index (χ1) is 9.74. The minimum Gasteiger partial charge on any atom is -0.423 e. The van der Waals surface area contributed by atoms with Crippen molar-refractivity contribution in [1.82, 2.24) is 30.6 Å². The van der Waals surface area contributed by atoms with Gasteiger partial charge in [-0.3, -0.25) is 0 Å². The van der Waals surface area contributed by atoms with Crippen LogP contribution in [0.4, 0.5) is 5.95 Å². The van der Waals surface area contributed by atoms with Gasteiger partial charge in [0.15, 0.2) is 5.82 Å². The molecule has 0 atom stereocenters. The molecule has 20 heavy (non-hydrogen) atoms. The molecule has 2 aromatic rings. The van der Waals surface area contributed by atoms with Crippen LogP contribution in [0.5, 0.6) is 0 Å². The molecule has 0 spiro atoms. The fraction of sp³-hybridized carbons (Fsp3) is 0.500. The van der Waals surface area contributed by atoms with Crippen molar-refractivity contribution in [2.24, 2.45) is 0 Å². The largest absolute Gasteiger partial charge is 0.491 e. The van der Waals surface area contributed by atoms with Gasteiger partial charge in [0, 0.05) is 36.9 Å². The Morgan fingerprint density at radius 1 is 1.20 bits per heavy atom. The van der Waals surface area contributed by atoms with E-state index in [1.165, 1.54) is 12.4 Å². The number of tetrazole rings is 1. The van der Waals surface area contributed by atoms with Gasteiger partial charge in [0.1, 0.15) is 0 Å². The molecule has 3 heterocycles. The van der Waals surface area contributed by atoms with Crippen molar-refractivity contribution in [2.75, 3.05) is 18.0 Å². The Morgan fingerprint density at radius 2 is 1.90 bits per heavy atom. The summed E-state index contributed by atoms with van der Waals surface area (Å²) in [7, 11) is -1.53. The van der Waals surface area contributed by atoms with Crippen molar-refractivity contribution in [2.45, 2.75) is 18.8 Å². The summed E-state index contributed by atoms with van der Waals surface area (Å²) in [5.74, 6) is 1.66. The van der Waals surface area contributed by atoms with Crippen LogP contribution in [0.15, 0.2) is 12.4 Å². The van der Waals surface area contributed by atoms with Crippen molar-refractivity contribution >= 4 is 18.5 Å². The van der Waals surface area contributed by atoms with E-state index in [4.69, 9.17) is 10.0 Å². The predicted molar refractivity (Wildman–Crippen MR) is 70.2 cm³/mol. The van der Waals surface area contributed by atoms with Crippen LogP contribution < -0.4 is 10.4 Å². The van der Waals surface area contributed by atoms with Gasteiger partial charge in [-0.1, -0.05) is 5.21 Å². The maximum Gasteiger partial charge on any atom is 0.491 e. The molecular weight excluding hydrogens is 261 g/mol. The molecule has 0 aliphatic carbocycles. The minimum atomic E-state index is -1.53. The molecule has 1 saturated heterocycles. The van der Waals surface area contributed by atoms with E-state index in [2.05, 4.69) is 35.5 Å². The Labute approximate surface area is 115 Å². The standard InChI is InChI=1S/C10H14BN7O2/c19-11(20)8-5-12-10(13-6-8)18-3-1-7(2-4-18)9-14-16-17-15-9/h5-7,19-20H,1-4H2,(H,14,15,16,17). The summed E-state index contributed by atoms with van der Waals surface area (Å²) in [5.41, 5.74) is 0.287. The van der Waals surface area contributed by atoms with Crippen LogP contribution in [0, 0.1) is 0 Å². The van der Waals surface area contributed by atoms with Gasteiger partial charge in [-0.25, -0.2) is 9.97 Å². The number of nitrogens with zero attached hydrogens (tertiary/aromatic N) is 6. The Hall–Kier alpha value is -2.07. The van der Waals surface area contributed by atoms with Crippen molar-refractivity contribution < 1.29 is 10.0 Å². The van der Waals surface area contributed by atoms with Crippen molar-refractivity contribution in [3.05, 3.63) is 18.2 Å². The van der Waals surface area contributed by atoms with E-state index in [9.17, 15) is 0 Å². The molecule has 0 radical (unpaired) electrons. The summed E-state index contributed by atoms with van der Waals surface area (Å²) in [6.07, 6.45) is 4.68. The van der Waals surface area contributed by atoms with Crippen LogP contribution in [-0.2, 0) is 0 Å². The van der Waals surface area contributed by atoms with Gasteiger partial charge in [0.25, 0.3) is 0 Å². The van der Waals surface area contributed by atoms with Gasteiger partial charge in [0.05, 0.1) is 0 Å². The maximum absolute atomic E-state index is 9.00. The number of H-pyrrole nitrogens is 1. The molecule has 9 nitrogen and oxygen atoms in total. The SMILES string of the molecule is OB(O)c1cnc(N2CCC(c3nn[nH]n3)CC2)nc1. The third kappa shape index (κ3) is 2.61. The van der Waals surface area contributed by atoms with Crippen LogP contribution in [-0.4, -0.2) is 60.8 Å². The van der Waals surface area contributed by atoms with E-state index < -0.39 is 7.12 Å². The molecule has 0 bridgehead atoms. The zero-order valence-electron chi connectivity index (χ0n) is 10.7. The van der Waals surface area contributed by atoms with E-state index in [0.29, 0.717) is 11.9 Å². The van der Waals surface area contributed by atoms with Gasteiger partial charge < -0.3 is 14.9 Å². The summed E-state index contributed by atoms with van der Waals surface area (Å²) in [5, 5.41) is 32.1. The molecule has 0 aromatic carbocycles. The number of nitrogens with one attached hydrogen (secondary N) is 1.